The van der Waals surface area contributed by atoms with Gasteiger partial charge in [-0.3, -0.25) is 9.59 Å². The monoisotopic (exact) mass is 307 g/mol. The predicted molar refractivity (Wildman–Crippen MR) is 77.7 cm³/mol. The molecule has 1 atom stereocenters. The number of carbonyl (C=O) groups excluding carboxylic acids is 2. The van der Waals surface area contributed by atoms with Crippen molar-refractivity contribution in [2.45, 2.75) is 19.4 Å². The van der Waals surface area contributed by atoms with E-state index in [2.05, 4.69) is 0 Å². The highest BCUT2D eigenvalue weighted by molar-refractivity contribution is 6.08. The Labute approximate surface area is 128 Å². The van der Waals surface area contributed by atoms with Crippen LogP contribution in [0.25, 0.3) is 0 Å². The number of amides is 1. The number of aliphatic hydroxyl groups excluding tert-OH is 1. The summed E-state index contributed by atoms with van der Waals surface area (Å²) in [7, 11) is 1.48. The third kappa shape index (κ3) is 2.74. The highest BCUT2D eigenvalue weighted by atomic mass is 19.1. The number of rotatable bonds is 6. The maximum Gasteiger partial charge on any atom is 0.290 e. The van der Waals surface area contributed by atoms with Crippen molar-refractivity contribution in [3.63, 3.8) is 0 Å². The van der Waals surface area contributed by atoms with Crippen molar-refractivity contribution in [1.29, 1.82) is 0 Å². The minimum absolute atomic E-state index is 0.0475. The lowest BCUT2D eigenvalue weighted by Crippen LogP contribution is -2.34. The zero-order valence-corrected chi connectivity index (χ0v) is 12.5. The van der Waals surface area contributed by atoms with Gasteiger partial charge in [0.1, 0.15) is 5.82 Å². The van der Waals surface area contributed by atoms with Gasteiger partial charge < -0.3 is 14.7 Å². The maximum atomic E-state index is 14.1. The molecule has 0 bridgehead atoms. The second-order valence-electron chi connectivity index (χ2n) is 4.95. The van der Waals surface area contributed by atoms with E-state index >= 15 is 0 Å². The first-order chi connectivity index (χ1) is 10.5. The Hall–Kier alpha value is -2.21. The van der Waals surface area contributed by atoms with E-state index in [1.165, 1.54) is 30.2 Å². The Morgan fingerprint density at radius 2 is 2.09 bits per heavy atom. The predicted octanol–water partition coefficient (Wildman–Crippen LogP) is 2.15. The van der Waals surface area contributed by atoms with E-state index in [1.807, 2.05) is 0 Å². The summed E-state index contributed by atoms with van der Waals surface area (Å²) in [6, 6.07) is 5.00. The molecule has 2 rings (SSSR count). The summed E-state index contributed by atoms with van der Waals surface area (Å²) in [5.41, 5.74) is 0.140. The Bertz CT molecular complexity index is 626. The molecule has 6 heteroatoms. The lowest BCUT2D eigenvalue weighted by molar-refractivity contribution is -0.130. The summed E-state index contributed by atoms with van der Waals surface area (Å²) in [6.45, 7) is 2.00. The lowest BCUT2D eigenvalue weighted by Gasteiger charge is -2.26. The zero-order valence-electron chi connectivity index (χ0n) is 12.5. The smallest absolute Gasteiger partial charge is 0.290 e. The first kappa shape index (κ1) is 16.2. The first-order valence-corrected chi connectivity index (χ1v) is 7.03. The summed E-state index contributed by atoms with van der Waals surface area (Å²) in [6.07, 6.45) is 0.121. The Morgan fingerprint density at radius 3 is 2.68 bits per heavy atom. The van der Waals surface area contributed by atoms with Crippen LogP contribution in [0.5, 0.6) is 0 Å². The number of halogens is 1. The number of ketones is 1. The maximum absolute atomic E-state index is 14.1. The summed E-state index contributed by atoms with van der Waals surface area (Å²) >= 11 is 0. The van der Waals surface area contributed by atoms with Crippen LogP contribution in [0.1, 0.15) is 24.9 Å². The van der Waals surface area contributed by atoms with Gasteiger partial charge in [0, 0.05) is 25.6 Å². The van der Waals surface area contributed by atoms with Crippen LogP contribution in [0, 0.1) is 5.82 Å². The molecule has 1 aromatic rings. The largest absolute Gasteiger partial charge is 0.503 e. The average molecular weight is 307 g/mol. The van der Waals surface area contributed by atoms with Crippen LogP contribution < -0.4 is 0 Å². The molecule has 0 aliphatic carbocycles. The summed E-state index contributed by atoms with van der Waals surface area (Å²) in [5.74, 6) is -2.18. The van der Waals surface area contributed by atoms with E-state index < -0.39 is 23.5 Å². The molecule has 5 nitrogen and oxygen atoms in total. The van der Waals surface area contributed by atoms with Gasteiger partial charge >= 0.3 is 0 Å². The van der Waals surface area contributed by atoms with Crippen molar-refractivity contribution >= 4 is 11.7 Å². The van der Waals surface area contributed by atoms with E-state index in [0.29, 0.717) is 0 Å². The molecule has 1 heterocycles. The molecule has 1 aliphatic heterocycles. The van der Waals surface area contributed by atoms with Crippen LogP contribution in [0.2, 0.25) is 0 Å². The molecule has 1 aromatic carbocycles. The molecule has 118 valence electrons. The number of aliphatic hydroxyl groups is 1. The van der Waals surface area contributed by atoms with Crippen molar-refractivity contribution in [3.8, 4) is 0 Å². The van der Waals surface area contributed by atoms with Gasteiger partial charge in [-0.2, -0.15) is 0 Å². The highest BCUT2D eigenvalue weighted by Crippen LogP contribution is 2.38. The number of benzene rings is 1. The molecule has 0 saturated carbocycles. The molecule has 1 unspecified atom stereocenters. The van der Waals surface area contributed by atoms with Gasteiger partial charge in [0.2, 0.25) is 0 Å². The second-order valence-corrected chi connectivity index (χ2v) is 4.95. The number of nitrogens with zero attached hydrogens (tertiary/aromatic N) is 1. The summed E-state index contributed by atoms with van der Waals surface area (Å²) < 4.78 is 19.1. The van der Waals surface area contributed by atoms with Gasteiger partial charge in [-0.25, -0.2) is 4.39 Å². The number of Topliss-reactive ketones (excluding diaryl/α,β-unsaturated/α-hetero) is 1. The van der Waals surface area contributed by atoms with Gasteiger partial charge in [0.25, 0.3) is 5.91 Å². The first-order valence-electron chi connectivity index (χ1n) is 7.03. The second kappa shape index (κ2) is 6.70. The standard InChI is InChI=1S/C16H18FNO4/c1-3-12(19)13-14(10-6-4-5-7-11(10)17)18(8-9-22-2)16(21)15(13)20/h4-7,14,20H,3,8-9H2,1-2H3. The molecular formula is C16H18FNO4. The van der Waals surface area contributed by atoms with Crippen molar-refractivity contribution < 1.29 is 23.8 Å². The van der Waals surface area contributed by atoms with E-state index in [9.17, 15) is 19.1 Å². The zero-order chi connectivity index (χ0) is 16.3. The fourth-order valence-electron chi connectivity index (χ4n) is 2.57. The Morgan fingerprint density at radius 1 is 1.41 bits per heavy atom. The number of ether oxygens (including phenoxy) is 1. The molecule has 0 aromatic heterocycles. The third-order valence-electron chi connectivity index (χ3n) is 3.66. The molecule has 1 aliphatic rings. The van der Waals surface area contributed by atoms with E-state index in [1.54, 1.807) is 13.0 Å². The van der Waals surface area contributed by atoms with Gasteiger partial charge in [-0.1, -0.05) is 25.1 Å². The molecule has 1 amide bonds. The minimum Gasteiger partial charge on any atom is -0.503 e. The molecular weight excluding hydrogens is 289 g/mol. The van der Waals surface area contributed by atoms with Crippen molar-refractivity contribution in [2.75, 3.05) is 20.3 Å². The Kier molecular flexibility index (Phi) is 4.92. The molecule has 1 N–H and O–H groups in total. The van der Waals surface area contributed by atoms with Crippen LogP contribution in [0.4, 0.5) is 4.39 Å². The van der Waals surface area contributed by atoms with E-state index in [4.69, 9.17) is 4.74 Å². The summed E-state index contributed by atoms with van der Waals surface area (Å²) in [5, 5.41) is 10.1. The fourth-order valence-corrected chi connectivity index (χ4v) is 2.57. The van der Waals surface area contributed by atoms with E-state index in [0.717, 1.165) is 0 Å². The van der Waals surface area contributed by atoms with E-state index in [-0.39, 0.29) is 36.5 Å². The highest BCUT2D eigenvalue weighted by Gasteiger charge is 2.43. The van der Waals surface area contributed by atoms with Gasteiger partial charge in [-0.05, 0) is 6.07 Å². The lowest BCUT2D eigenvalue weighted by atomic mass is 9.95. The number of methoxy groups -OCH3 is 1. The minimum atomic E-state index is -0.920. The van der Waals surface area contributed by atoms with Crippen LogP contribution in [0.3, 0.4) is 0 Å². The third-order valence-corrected chi connectivity index (χ3v) is 3.66. The molecule has 0 radical (unpaired) electrons. The van der Waals surface area contributed by atoms with Crippen LogP contribution in [-0.4, -0.2) is 42.0 Å². The average Bonchev–Trinajstić information content (AvgIpc) is 2.77. The topological polar surface area (TPSA) is 66.8 Å². The van der Waals surface area contributed by atoms with Crippen LogP contribution in [-0.2, 0) is 14.3 Å². The Balaban J connectivity index is 2.53. The van der Waals surface area contributed by atoms with Crippen molar-refractivity contribution in [1.82, 2.24) is 4.90 Å². The molecule has 0 fully saturated rings. The fraction of sp³-hybridized carbons (Fsp3) is 0.375. The van der Waals surface area contributed by atoms with Crippen molar-refractivity contribution in [3.05, 3.63) is 47.0 Å². The molecule has 0 saturated heterocycles. The molecule has 0 spiro atoms. The quantitative estimate of drug-likeness (QED) is 0.874. The normalized spacial score (nSPS) is 18.2. The number of carbonyl (C=O) groups is 2. The summed E-state index contributed by atoms with van der Waals surface area (Å²) in [4.78, 5) is 25.6. The SMILES string of the molecule is CCC(=O)C1=C(O)C(=O)N(CCOC)C1c1ccccc1F. The van der Waals surface area contributed by atoms with Gasteiger partial charge in [-0.15, -0.1) is 0 Å². The molecule has 22 heavy (non-hydrogen) atoms. The van der Waals surface area contributed by atoms with Gasteiger partial charge in [0.05, 0.1) is 18.2 Å². The number of hydrogen-bond donors (Lipinski definition) is 1. The van der Waals surface area contributed by atoms with Crippen molar-refractivity contribution in [2.24, 2.45) is 0 Å². The van der Waals surface area contributed by atoms with Gasteiger partial charge in [0.15, 0.2) is 11.5 Å². The van der Waals surface area contributed by atoms with Crippen LogP contribution >= 0.6 is 0 Å². The van der Waals surface area contributed by atoms with Crippen LogP contribution in [0.15, 0.2) is 35.6 Å². The number of hydrogen-bond acceptors (Lipinski definition) is 4.